The second-order valence-corrected chi connectivity index (χ2v) is 5.73. The van der Waals surface area contributed by atoms with Crippen LogP contribution in [-0.4, -0.2) is 21.0 Å². The van der Waals surface area contributed by atoms with Gasteiger partial charge in [0.05, 0.1) is 5.92 Å². The van der Waals surface area contributed by atoms with Crippen molar-refractivity contribution in [2.24, 2.45) is 0 Å². The minimum atomic E-state index is -0.944. The first-order chi connectivity index (χ1) is 12.1. The van der Waals surface area contributed by atoms with Gasteiger partial charge in [0.2, 0.25) is 5.88 Å². The molecule has 1 N–H and O–H groups in total. The summed E-state index contributed by atoms with van der Waals surface area (Å²) in [6.07, 6.45) is 1.38. The summed E-state index contributed by atoms with van der Waals surface area (Å²) in [7, 11) is 0. The Hall–Kier alpha value is -3.21. The Kier molecular flexibility index (Phi) is 4.75. The van der Waals surface area contributed by atoms with Crippen LogP contribution in [0, 0.1) is 6.92 Å². The normalized spacial score (nSPS) is 11.8. The van der Waals surface area contributed by atoms with Crippen molar-refractivity contribution in [1.29, 1.82) is 0 Å². The van der Waals surface area contributed by atoms with Crippen LogP contribution < -0.4 is 4.74 Å². The molecule has 25 heavy (non-hydrogen) atoms. The minimum Gasteiger partial charge on any atom is -0.481 e. The van der Waals surface area contributed by atoms with Crippen molar-refractivity contribution >= 4 is 5.97 Å². The first kappa shape index (κ1) is 16.6. The number of rotatable bonds is 5. The van der Waals surface area contributed by atoms with Crippen molar-refractivity contribution in [3.05, 3.63) is 72.2 Å². The Morgan fingerprint density at radius 1 is 1.04 bits per heavy atom. The molecule has 1 unspecified atom stereocenters. The lowest BCUT2D eigenvalue weighted by Gasteiger charge is -2.15. The van der Waals surface area contributed by atoms with Gasteiger partial charge in [-0.25, -0.2) is 9.97 Å². The van der Waals surface area contributed by atoms with Gasteiger partial charge in [0.1, 0.15) is 12.1 Å². The van der Waals surface area contributed by atoms with Gasteiger partial charge in [-0.3, -0.25) is 4.79 Å². The molecule has 5 heteroatoms. The van der Waals surface area contributed by atoms with Crippen LogP contribution in [0.4, 0.5) is 0 Å². The van der Waals surface area contributed by atoms with E-state index in [4.69, 9.17) is 4.74 Å². The van der Waals surface area contributed by atoms with Crippen LogP contribution in [0.3, 0.4) is 0 Å². The van der Waals surface area contributed by atoms with E-state index in [1.807, 2.05) is 54.6 Å². The molecule has 0 bridgehead atoms. The van der Waals surface area contributed by atoms with Crippen LogP contribution in [0.1, 0.15) is 24.1 Å². The fourth-order valence-electron chi connectivity index (χ4n) is 2.65. The van der Waals surface area contributed by atoms with E-state index < -0.39 is 11.9 Å². The summed E-state index contributed by atoms with van der Waals surface area (Å²) in [5.74, 6) is -0.833. The molecule has 0 amide bonds. The van der Waals surface area contributed by atoms with Crippen LogP contribution in [0.2, 0.25) is 0 Å². The number of aromatic nitrogens is 2. The molecule has 1 atom stereocenters. The molecule has 0 radical (unpaired) electrons. The highest BCUT2D eigenvalue weighted by Gasteiger charge is 2.23. The zero-order valence-corrected chi connectivity index (χ0v) is 14.0. The Morgan fingerprint density at radius 3 is 2.48 bits per heavy atom. The van der Waals surface area contributed by atoms with E-state index in [9.17, 15) is 9.90 Å². The van der Waals surface area contributed by atoms with E-state index in [2.05, 4.69) is 9.97 Å². The summed E-state index contributed by atoms with van der Waals surface area (Å²) >= 11 is 0. The number of aryl methyl sites for hydroxylation is 1. The maximum atomic E-state index is 11.4. The van der Waals surface area contributed by atoms with E-state index >= 15 is 0 Å². The number of carboxylic acid groups (broad SMARTS) is 1. The number of carbonyl (C=O) groups is 1. The van der Waals surface area contributed by atoms with Crippen molar-refractivity contribution in [3.8, 4) is 22.8 Å². The Balaban J connectivity index is 1.96. The van der Waals surface area contributed by atoms with Gasteiger partial charge in [-0.2, -0.15) is 0 Å². The lowest BCUT2D eigenvalue weighted by molar-refractivity contribution is -0.138. The standard InChI is InChI=1S/C20H18N2O3/c1-13(20(23)24)18-14(2)21-12-22-19(18)25-17-10-6-9-16(11-17)15-7-4-3-5-8-15/h3-13H,1-2H3,(H,23,24). The SMILES string of the molecule is Cc1ncnc(Oc2cccc(-c3ccccc3)c2)c1C(C)C(=O)O. The van der Waals surface area contributed by atoms with Crippen LogP contribution in [0.15, 0.2) is 60.9 Å². The van der Waals surface area contributed by atoms with Crippen molar-refractivity contribution in [2.75, 3.05) is 0 Å². The van der Waals surface area contributed by atoms with E-state index in [0.29, 0.717) is 17.0 Å². The molecule has 0 aliphatic rings. The van der Waals surface area contributed by atoms with E-state index in [1.165, 1.54) is 6.33 Å². The van der Waals surface area contributed by atoms with Gasteiger partial charge in [0, 0.05) is 11.3 Å². The summed E-state index contributed by atoms with van der Waals surface area (Å²) in [6, 6.07) is 17.6. The molecule has 0 aliphatic heterocycles. The number of ether oxygens (including phenoxy) is 1. The molecule has 1 aromatic heterocycles. The molecular weight excluding hydrogens is 316 g/mol. The minimum absolute atomic E-state index is 0.271. The van der Waals surface area contributed by atoms with E-state index in [-0.39, 0.29) is 5.88 Å². The molecule has 126 valence electrons. The first-order valence-electron chi connectivity index (χ1n) is 7.94. The van der Waals surface area contributed by atoms with Crippen molar-refractivity contribution in [2.45, 2.75) is 19.8 Å². The van der Waals surface area contributed by atoms with Gasteiger partial charge >= 0.3 is 5.97 Å². The fourth-order valence-corrected chi connectivity index (χ4v) is 2.65. The van der Waals surface area contributed by atoms with Gasteiger partial charge < -0.3 is 9.84 Å². The summed E-state index contributed by atoms with van der Waals surface area (Å²) in [5, 5.41) is 9.33. The highest BCUT2D eigenvalue weighted by molar-refractivity contribution is 5.76. The average molecular weight is 334 g/mol. The zero-order chi connectivity index (χ0) is 17.8. The Bertz CT molecular complexity index is 894. The maximum absolute atomic E-state index is 11.4. The number of benzene rings is 2. The second-order valence-electron chi connectivity index (χ2n) is 5.73. The lowest BCUT2D eigenvalue weighted by atomic mass is 10.0. The molecule has 2 aromatic carbocycles. The van der Waals surface area contributed by atoms with Gasteiger partial charge in [0.15, 0.2) is 0 Å². The predicted octanol–water partition coefficient (Wildman–Crippen LogP) is 4.43. The van der Waals surface area contributed by atoms with Crippen molar-refractivity contribution < 1.29 is 14.6 Å². The monoisotopic (exact) mass is 334 g/mol. The molecule has 3 aromatic rings. The summed E-state index contributed by atoms with van der Waals surface area (Å²) in [6.45, 7) is 3.35. The predicted molar refractivity (Wildman–Crippen MR) is 94.8 cm³/mol. The molecule has 1 heterocycles. The largest absolute Gasteiger partial charge is 0.481 e. The van der Waals surface area contributed by atoms with Crippen molar-refractivity contribution in [3.63, 3.8) is 0 Å². The second kappa shape index (κ2) is 7.13. The van der Waals surface area contributed by atoms with E-state index in [0.717, 1.165) is 11.1 Å². The smallest absolute Gasteiger partial charge is 0.310 e. The van der Waals surface area contributed by atoms with E-state index in [1.54, 1.807) is 13.8 Å². The van der Waals surface area contributed by atoms with Crippen LogP contribution in [-0.2, 0) is 4.79 Å². The molecule has 0 saturated heterocycles. The third kappa shape index (κ3) is 3.66. The maximum Gasteiger partial charge on any atom is 0.310 e. The molecule has 3 rings (SSSR count). The molecule has 5 nitrogen and oxygen atoms in total. The third-order valence-electron chi connectivity index (χ3n) is 4.01. The van der Waals surface area contributed by atoms with Crippen molar-refractivity contribution in [1.82, 2.24) is 9.97 Å². The number of aliphatic carboxylic acids is 1. The van der Waals surface area contributed by atoms with Gasteiger partial charge in [-0.1, -0.05) is 42.5 Å². The summed E-state index contributed by atoms with van der Waals surface area (Å²) in [4.78, 5) is 19.6. The molecule has 0 saturated carbocycles. The van der Waals surface area contributed by atoms with Gasteiger partial charge in [-0.05, 0) is 37.1 Å². The highest BCUT2D eigenvalue weighted by Crippen LogP contribution is 2.32. The molecule has 0 aliphatic carbocycles. The first-order valence-corrected chi connectivity index (χ1v) is 7.94. The number of carboxylic acids is 1. The highest BCUT2D eigenvalue weighted by atomic mass is 16.5. The number of hydrogen-bond donors (Lipinski definition) is 1. The van der Waals surface area contributed by atoms with Gasteiger partial charge in [-0.15, -0.1) is 0 Å². The quantitative estimate of drug-likeness (QED) is 0.747. The Labute approximate surface area is 146 Å². The van der Waals surface area contributed by atoms with Crippen LogP contribution in [0.25, 0.3) is 11.1 Å². The topological polar surface area (TPSA) is 72.3 Å². The number of hydrogen-bond acceptors (Lipinski definition) is 4. The van der Waals surface area contributed by atoms with Crippen LogP contribution >= 0.6 is 0 Å². The average Bonchev–Trinajstić information content (AvgIpc) is 2.62. The zero-order valence-electron chi connectivity index (χ0n) is 14.0. The number of nitrogens with zero attached hydrogens (tertiary/aromatic N) is 2. The molecule has 0 spiro atoms. The summed E-state index contributed by atoms with van der Waals surface area (Å²) in [5.41, 5.74) is 3.17. The third-order valence-corrected chi connectivity index (χ3v) is 4.01. The van der Waals surface area contributed by atoms with Crippen LogP contribution in [0.5, 0.6) is 11.6 Å². The summed E-state index contributed by atoms with van der Waals surface area (Å²) < 4.78 is 5.91. The lowest BCUT2D eigenvalue weighted by Crippen LogP contribution is -2.12. The molecular formula is C20H18N2O3. The fraction of sp³-hybridized carbons (Fsp3) is 0.150. The van der Waals surface area contributed by atoms with Gasteiger partial charge in [0.25, 0.3) is 0 Å². The Morgan fingerprint density at radius 2 is 1.76 bits per heavy atom. The molecule has 0 fully saturated rings.